The number of para-hydroxylation sites is 1. The molecule has 0 N–H and O–H groups in total. The van der Waals surface area contributed by atoms with E-state index in [0.29, 0.717) is 5.92 Å². The summed E-state index contributed by atoms with van der Waals surface area (Å²) in [6.07, 6.45) is 3.56. The maximum atomic E-state index is 2.55. The second-order valence-corrected chi connectivity index (χ2v) is 13.2. The van der Waals surface area contributed by atoms with E-state index in [1.165, 1.54) is 75.8 Å². The van der Waals surface area contributed by atoms with E-state index >= 15 is 0 Å². The summed E-state index contributed by atoms with van der Waals surface area (Å²) in [5.41, 5.74) is 12.5. The van der Waals surface area contributed by atoms with Crippen molar-refractivity contribution in [2.24, 2.45) is 5.92 Å². The van der Waals surface area contributed by atoms with Gasteiger partial charge in [-0.15, -0.1) is 11.3 Å². The molecular formula is C39H29NS. The molecule has 0 aliphatic heterocycles. The van der Waals surface area contributed by atoms with Crippen molar-refractivity contribution in [2.45, 2.75) is 25.7 Å². The Morgan fingerprint density at radius 2 is 1.49 bits per heavy atom. The molecule has 196 valence electrons. The zero-order valence-electron chi connectivity index (χ0n) is 23.2. The van der Waals surface area contributed by atoms with Gasteiger partial charge in [-0.3, -0.25) is 0 Å². The summed E-state index contributed by atoms with van der Waals surface area (Å²) in [7, 11) is 0. The Morgan fingerprint density at radius 3 is 2.39 bits per heavy atom. The van der Waals surface area contributed by atoms with Gasteiger partial charge in [0.2, 0.25) is 0 Å². The highest BCUT2D eigenvalue weighted by molar-refractivity contribution is 7.26. The van der Waals surface area contributed by atoms with E-state index in [9.17, 15) is 0 Å². The average molecular weight is 544 g/mol. The first-order valence-corrected chi connectivity index (χ1v) is 15.4. The van der Waals surface area contributed by atoms with Gasteiger partial charge in [0.15, 0.2) is 0 Å². The van der Waals surface area contributed by atoms with E-state index in [1.54, 1.807) is 0 Å². The van der Waals surface area contributed by atoms with Crippen molar-refractivity contribution in [3.05, 3.63) is 138 Å². The molecule has 1 unspecified atom stereocenters. The lowest BCUT2D eigenvalue weighted by atomic mass is 9.73. The third-order valence-corrected chi connectivity index (χ3v) is 10.8. The number of thiophene rings is 1. The first-order chi connectivity index (χ1) is 20.1. The molecule has 2 aliphatic rings. The maximum absolute atomic E-state index is 2.55. The molecule has 2 heteroatoms. The van der Waals surface area contributed by atoms with Crippen molar-refractivity contribution < 1.29 is 0 Å². The van der Waals surface area contributed by atoms with Crippen LogP contribution in [0.2, 0.25) is 0 Å². The van der Waals surface area contributed by atoms with Gasteiger partial charge in [0.1, 0.15) is 0 Å². The summed E-state index contributed by atoms with van der Waals surface area (Å²) < 4.78 is 5.24. The summed E-state index contributed by atoms with van der Waals surface area (Å²) >= 11 is 1.91. The molecule has 7 aromatic rings. The van der Waals surface area contributed by atoms with E-state index in [0.717, 1.165) is 6.42 Å². The Morgan fingerprint density at radius 1 is 0.707 bits per heavy atom. The molecule has 0 radical (unpaired) electrons. The van der Waals surface area contributed by atoms with Gasteiger partial charge >= 0.3 is 0 Å². The summed E-state index contributed by atoms with van der Waals surface area (Å²) in [5, 5.41) is 4.05. The molecule has 0 saturated heterocycles. The first-order valence-electron chi connectivity index (χ1n) is 14.5. The number of hydrogen-bond acceptors (Lipinski definition) is 1. The van der Waals surface area contributed by atoms with Crippen LogP contribution in [0.1, 0.15) is 36.2 Å². The smallest absolute Gasteiger partial charge is 0.0537 e. The Labute approximate surface area is 244 Å². The molecule has 0 saturated carbocycles. The number of benzene rings is 5. The fourth-order valence-corrected chi connectivity index (χ4v) is 8.91. The molecule has 41 heavy (non-hydrogen) atoms. The summed E-state index contributed by atoms with van der Waals surface area (Å²) in [5.74, 6) is 0.469. The first kappa shape index (κ1) is 23.3. The van der Waals surface area contributed by atoms with Crippen molar-refractivity contribution >= 4 is 54.1 Å². The molecule has 5 aromatic carbocycles. The van der Waals surface area contributed by atoms with Crippen molar-refractivity contribution in [1.29, 1.82) is 0 Å². The summed E-state index contributed by atoms with van der Waals surface area (Å²) in [6, 6.07) is 42.7. The average Bonchev–Trinajstić information content (AvgIpc) is 3.62. The largest absolute Gasteiger partial charge is 0.313 e. The van der Waals surface area contributed by atoms with Crippen LogP contribution in [0.5, 0.6) is 0 Å². The Hall–Kier alpha value is -4.40. The van der Waals surface area contributed by atoms with E-state index in [-0.39, 0.29) is 5.41 Å². The molecule has 2 aromatic heterocycles. The fraction of sp³-hybridized carbons (Fsp3) is 0.128. The quantitative estimate of drug-likeness (QED) is 0.204. The zero-order valence-corrected chi connectivity index (χ0v) is 24.0. The number of rotatable bonds is 2. The van der Waals surface area contributed by atoms with E-state index in [1.807, 2.05) is 11.3 Å². The Bertz CT molecular complexity index is 2210. The molecule has 0 fully saturated rings. The van der Waals surface area contributed by atoms with Crippen molar-refractivity contribution in [2.75, 3.05) is 0 Å². The highest BCUT2D eigenvalue weighted by Gasteiger charge is 2.45. The van der Waals surface area contributed by atoms with Crippen molar-refractivity contribution in [1.82, 2.24) is 4.57 Å². The van der Waals surface area contributed by atoms with Gasteiger partial charge in [-0.25, -0.2) is 0 Å². The molecule has 1 nitrogen and oxygen atoms in total. The standard InChI is InChI=1S/C39H29NS/c1-39(2)32-16-8-6-13-27(32)30-22-31-28-14-7-9-17-34(28)40(35(31)23-33(30)39)25-19-20-29-37(21-25)41-36-18-10-15-26(38(29)36)24-11-4-3-5-12-24/h3-22,33H,23H2,1-2H3. The van der Waals surface area contributed by atoms with Crippen molar-refractivity contribution in [3.8, 4) is 16.8 Å². The number of hydrogen-bond donors (Lipinski definition) is 0. The lowest BCUT2D eigenvalue weighted by Gasteiger charge is -2.31. The van der Waals surface area contributed by atoms with E-state index in [4.69, 9.17) is 0 Å². The molecule has 9 rings (SSSR count). The normalized spacial score (nSPS) is 17.0. The lowest BCUT2D eigenvalue weighted by Crippen LogP contribution is -2.27. The van der Waals surface area contributed by atoms with Crippen LogP contribution in [-0.2, 0) is 11.8 Å². The monoisotopic (exact) mass is 543 g/mol. The van der Waals surface area contributed by atoms with E-state index in [2.05, 4.69) is 140 Å². The number of fused-ring (bicyclic) bond motifs is 9. The lowest BCUT2D eigenvalue weighted by molar-refractivity contribution is 0.405. The third-order valence-electron chi connectivity index (χ3n) is 9.72. The fourth-order valence-electron chi connectivity index (χ4n) is 7.74. The van der Waals surface area contributed by atoms with Gasteiger partial charge in [-0.2, -0.15) is 0 Å². The van der Waals surface area contributed by atoms with Crippen LogP contribution < -0.4 is 0 Å². The molecule has 0 amide bonds. The van der Waals surface area contributed by atoms with Gasteiger partial charge < -0.3 is 4.57 Å². The Balaban J connectivity index is 1.27. The van der Waals surface area contributed by atoms with Crippen LogP contribution in [0.25, 0.3) is 59.5 Å². The number of aromatic nitrogens is 1. The van der Waals surface area contributed by atoms with Gasteiger partial charge in [0.05, 0.1) is 5.52 Å². The third kappa shape index (κ3) is 3.17. The van der Waals surface area contributed by atoms with Gasteiger partial charge in [0.25, 0.3) is 0 Å². The topological polar surface area (TPSA) is 4.93 Å². The number of allylic oxidation sites excluding steroid dienone is 1. The number of nitrogens with zero attached hydrogens (tertiary/aromatic N) is 1. The van der Waals surface area contributed by atoms with Crippen LogP contribution in [0.3, 0.4) is 0 Å². The molecule has 2 heterocycles. The molecule has 0 bridgehead atoms. The predicted octanol–water partition coefficient (Wildman–Crippen LogP) is 10.7. The highest BCUT2D eigenvalue weighted by Crippen LogP contribution is 2.55. The van der Waals surface area contributed by atoms with Gasteiger partial charge in [-0.05, 0) is 75.9 Å². The SMILES string of the molecule is CC1(C)c2ccccc2C2=Cc3c(n(-c4ccc5c(c4)sc4cccc(-c6ccccc6)c45)c4ccccc34)CC21. The van der Waals surface area contributed by atoms with Crippen LogP contribution in [-0.4, -0.2) is 4.57 Å². The zero-order chi connectivity index (χ0) is 27.3. The highest BCUT2D eigenvalue weighted by atomic mass is 32.1. The van der Waals surface area contributed by atoms with Crippen LogP contribution in [0, 0.1) is 5.92 Å². The second kappa shape index (κ2) is 8.31. The maximum Gasteiger partial charge on any atom is 0.0537 e. The minimum absolute atomic E-state index is 0.102. The predicted molar refractivity (Wildman–Crippen MR) is 176 cm³/mol. The summed E-state index contributed by atoms with van der Waals surface area (Å²) in [6.45, 7) is 4.87. The molecular weight excluding hydrogens is 515 g/mol. The second-order valence-electron chi connectivity index (χ2n) is 12.2. The van der Waals surface area contributed by atoms with Crippen LogP contribution >= 0.6 is 11.3 Å². The minimum Gasteiger partial charge on any atom is -0.313 e. The van der Waals surface area contributed by atoms with Gasteiger partial charge in [-0.1, -0.05) is 105 Å². The molecule has 0 spiro atoms. The molecule has 2 aliphatic carbocycles. The Kier molecular flexibility index (Phi) is 4.73. The van der Waals surface area contributed by atoms with Crippen LogP contribution in [0.15, 0.2) is 115 Å². The van der Waals surface area contributed by atoms with Crippen LogP contribution in [0.4, 0.5) is 0 Å². The minimum atomic E-state index is 0.102. The summed E-state index contributed by atoms with van der Waals surface area (Å²) in [4.78, 5) is 0. The molecule has 1 atom stereocenters. The van der Waals surface area contributed by atoms with E-state index < -0.39 is 0 Å². The van der Waals surface area contributed by atoms with Crippen molar-refractivity contribution in [3.63, 3.8) is 0 Å². The van der Waals surface area contributed by atoms with Gasteiger partial charge in [0, 0.05) is 42.5 Å².